The maximum atomic E-state index is 10.5. The minimum Gasteiger partial charge on any atom is -0.380 e. The zero-order valence-electron chi connectivity index (χ0n) is 11.1. The van der Waals surface area contributed by atoms with Gasteiger partial charge in [-0.3, -0.25) is 0 Å². The Hall–Kier alpha value is -1.37. The number of piperidine rings is 1. The lowest BCUT2D eigenvalue weighted by Gasteiger charge is -2.28. The third kappa shape index (κ3) is 3.03. The number of benzene rings is 1. The maximum Gasteiger partial charge on any atom is 0.258 e. The minimum atomic E-state index is -0.964. The van der Waals surface area contributed by atoms with E-state index in [2.05, 4.69) is 15.5 Å². The number of rotatable bonds is 4. The van der Waals surface area contributed by atoms with E-state index in [0.29, 0.717) is 30.3 Å². The smallest absolute Gasteiger partial charge is 0.258 e. The second-order valence-electron chi connectivity index (χ2n) is 4.90. The van der Waals surface area contributed by atoms with Crippen LogP contribution in [-0.4, -0.2) is 28.3 Å². The molecule has 1 aliphatic rings. The molecule has 0 atom stereocenters. The Morgan fingerprint density at radius 2 is 2.00 bits per heavy atom. The quantitative estimate of drug-likeness (QED) is 0.839. The van der Waals surface area contributed by atoms with E-state index in [1.54, 1.807) is 11.8 Å². The number of hydrogen-bond acceptors (Lipinski definition) is 6. The molecule has 0 aliphatic carbocycles. The number of nitrogens with one attached hydrogen (secondary N) is 1. The molecule has 1 aromatic carbocycles. The van der Waals surface area contributed by atoms with Gasteiger partial charge in [-0.15, -0.1) is 11.8 Å². The molecule has 0 bridgehead atoms. The molecule has 1 fully saturated rings. The zero-order chi connectivity index (χ0) is 13.8. The standard InChI is InChI=1S/C14H17N3O2S/c18-14(6-8-15-9-7-14)13-16-12(17-19-13)10-20-11-4-2-1-3-5-11/h1-5,15,18H,6-10H2. The third-order valence-electron chi connectivity index (χ3n) is 3.41. The largest absolute Gasteiger partial charge is 0.380 e. The highest BCUT2D eigenvalue weighted by molar-refractivity contribution is 7.98. The number of nitrogens with zero attached hydrogens (tertiary/aromatic N) is 2. The van der Waals surface area contributed by atoms with Crippen LogP contribution in [0, 0.1) is 0 Å². The minimum absolute atomic E-state index is 0.350. The van der Waals surface area contributed by atoms with Crippen molar-refractivity contribution >= 4 is 11.8 Å². The molecule has 1 aliphatic heterocycles. The Morgan fingerprint density at radius 3 is 2.75 bits per heavy atom. The van der Waals surface area contributed by atoms with E-state index in [-0.39, 0.29) is 0 Å². The van der Waals surface area contributed by atoms with Crippen molar-refractivity contribution in [3.63, 3.8) is 0 Å². The van der Waals surface area contributed by atoms with Crippen molar-refractivity contribution in [1.29, 1.82) is 0 Å². The lowest BCUT2D eigenvalue weighted by atomic mass is 9.92. The van der Waals surface area contributed by atoms with E-state index in [9.17, 15) is 5.11 Å². The summed E-state index contributed by atoms with van der Waals surface area (Å²) >= 11 is 1.65. The van der Waals surface area contributed by atoms with Crippen LogP contribution >= 0.6 is 11.8 Å². The van der Waals surface area contributed by atoms with Crippen LogP contribution in [0.1, 0.15) is 24.6 Å². The lowest BCUT2D eigenvalue weighted by molar-refractivity contribution is -0.0228. The fourth-order valence-electron chi connectivity index (χ4n) is 2.22. The molecule has 2 aromatic rings. The van der Waals surface area contributed by atoms with Gasteiger partial charge in [0.2, 0.25) is 0 Å². The van der Waals surface area contributed by atoms with Crippen LogP contribution < -0.4 is 5.32 Å². The molecule has 0 unspecified atom stereocenters. The molecule has 2 heterocycles. The normalized spacial score (nSPS) is 18.1. The molecule has 1 saturated heterocycles. The van der Waals surface area contributed by atoms with Gasteiger partial charge >= 0.3 is 0 Å². The maximum absolute atomic E-state index is 10.5. The monoisotopic (exact) mass is 291 g/mol. The zero-order valence-corrected chi connectivity index (χ0v) is 11.9. The summed E-state index contributed by atoms with van der Waals surface area (Å²) in [6.07, 6.45) is 1.22. The third-order valence-corrected chi connectivity index (χ3v) is 4.42. The van der Waals surface area contributed by atoms with Crippen molar-refractivity contribution < 1.29 is 9.63 Å². The van der Waals surface area contributed by atoms with Gasteiger partial charge in [-0.2, -0.15) is 4.98 Å². The summed E-state index contributed by atoms with van der Waals surface area (Å²) in [6, 6.07) is 10.1. The van der Waals surface area contributed by atoms with Crippen LogP contribution in [0.4, 0.5) is 0 Å². The van der Waals surface area contributed by atoms with E-state index in [1.165, 1.54) is 4.90 Å². The summed E-state index contributed by atoms with van der Waals surface area (Å²) in [4.78, 5) is 5.51. The predicted molar refractivity (Wildman–Crippen MR) is 76.3 cm³/mol. The summed E-state index contributed by atoms with van der Waals surface area (Å²) in [7, 11) is 0. The molecule has 0 amide bonds. The van der Waals surface area contributed by atoms with Gasteiger partial charge in [0.05, 0.1) is 5.75 Å². The van der Waals surface area contributed by atoms with E-state index in [1.807, 2.05) is 30.3 Å². The second-order valence-corrected chi connectivity index (χ2v) is 5.95. The molecule has 1 aromatic heterocycles. The molecule has 5 nitrogen and oxygen atoms in total. The van der Waals surface area contributed by atoms with Crippen molar-refractivity contribution in [2.45, 2.75) is 29.1 Å². The number of thioether (sulfide) groups is 1. The second kappa shape index (κ2) is 5.95. The Kier molecular flexibility index (Phi) is 4.05. The molecule has 2 N–H and O–H groups in total. The van der Waals surface area contributed by atoms with Crippen LogP contribution in [-0.2, 0) is 11.4 Å². The van der Waals surface area contributed by atoms with Gasteiger partial charge < -0.3 is 14.9 Å². The lowest BCUT2D eigenvalue weighted by Crippen LogP contribution is -2.39. The first kappa shape index (κ1) is 13.6. The summed E-state index contributed by atoms with van der Waals surface area (Å²) < 4.78 is 5.24. The molecular formula is C14H17N3O2S. The van der Waals surface area contributed by atoms with E-state index < -0.39 is 5.60 Å². The average Bonchev–Trinajstić information content (AvgIpc) is 2.97. The van der Waals surface area contributed by atoms with Gasteiger partial charge in [-0.1, -0.05) is 23.4 Å². The van der Waals surface area contributed by atoms with Crippen molar-refractivity contribution in [3.05, 3.63) is 42.0 Å². The van der Waals surface area contributed by atoms with Crippen LogP contribution in [0.3, 0.4) is 0 Å². The Labute approximate surface area is 121 Å². The highest BCUT2D eigenvalue weighted by Crippen LogP contribution is 2.30. The van der Waals surface area contributed by atoms with E-state index >= 15 is 0 Å². The highest BCUT2D eigenvalue weighted by atomic mass is 32.2. The number of aromatic nitrogens is 2. The van der Waals surface area contributed by atoms with E-state index in [4.69, 9.17) is 4.52 Å². The highest BCUT2D eigenvalue weighted by Gasteiger charge is 2.36. The van der Waals surface area contributed by atoms with Crippen molar-refractivity contribution in [2.75, 3.05) is 13.1 Å². The first-order chi connectivity index (χ1) is 9.76. The van der Waals surface area contributed by atoms with Crippen molar-refractivity contribution in [3.8, 4) is 0 Å². The first-order valence-electron chi connectivity index (χ1n) is 6.70. The molecule has 0 saturated carbocycles. The van der Waals surface area contributed by atoms with Gasteiger partial charge in [-0.05, 0) is 38.1 Å². The van der Waals surface area contributed by atoms with E-state index in [0.717, 1.165) is 13.1 Å². The SMILES string of the molecule is OC1(c2nc(CSc3ccccc3)no2)CCNCC1. The molecule has 0 spiro atoms. The number of hydrogen-bond donors (Lipinski definition) is 2. The summed E-state index contributed by atoms with van der Waals surface area (Å²) in [6.45, 7) is 1.54. The Balaban J connectivity index is 1.65. The predicted octanol–water partition coefficient (Wildman–Crippen LogP) is 1.93. The fourth-order valence-corrected chi connectivity index (χ4v) is 2.98. The molecule has 3 rings (SSSR count). The van der Waals surface area contributed by atoms with Gasteiger partial charge in [0, 0.05) is 4.90 Å². The van der Waals surface area contributed by atoms with Crippen LogP contribution in [0.15, 0.2) is 39.8 Å². The topological polar surface area (TPSA) is 71.2 Å². The van der Waals surface area contributed by atoms with Crippen LogP contribution in [0.2, 0.25) is 0 Å². The summed E-state index contributed by atoms with van der Waals surface area (Å²) in [5.41, 5.74) is -0.964. The van der Waals surface area contributed by atoms with Gasteiger partial charge in [0.1, 0.15) is 5.60 Å². The molecule has 0 radical (unpaired) electrons. The van der Waals surface area contributed by atoms with Crippen molar-refractivity contribution in [1.82, 2.24) is 15.5 Å². The Morgan fingerprint density at radius 1 is 1.25 bits per heavy atom. The summed E-state index contributed by atoms with van der Waals surface area (Å²) in [5.74, 6) is 1.62. The van der Waals surface area contributed by atoms with Gasteiger partial charge in [0.25, 0.3) is 5.89 Å². The molecule has 106 valence electrons. The Bertz CT molecular complexity index is 553. The molecule has 20 heavy (non-hydrogen) atoms. The van der Waals surface area contributed by atoms with Crippen molar-refractivity contribution in [2.24, 2.45) is 0 Å². The number of aliphatic hydroxyl groups is 1. The average molecular weight is 291 g/mol. The molecular weight excluding hydrogens is 274 g/mol. The van der Waals surface area contributed by atoms with Gasteiger partial charge in [0.15, 0.2) is 5.82 Å². The molecule has 6 heteroatoms. The summed E-state index contributed by atoms with van der Waals surface area (Å²) in [5, 5.41) is 17.7. The van der Waals surface area contributed by atoms with Crippen LogP contribution in [0.5, 0.6) is 0 Å². The first-order valence-corrected chi connectivity index (χ1v) is 7.69. The fraction of sp³-hybridized carbons (Fsp3) is 0.429. The van der Waals surface area contributed by atoms with Gasteiger partial charge in [-0.25, -0.2) is 0 Å². The van der Waals surface area contributed by atoms with Crippen LogP contribution in [0.25, 0.3) is 0 Å².